The van der Waals surface area contributed by atoms with Crippen molar-refractivity contribution in [1.82, 2.24) is 10.3 Å². The van der Waals surface area contributed by atoms with Crippen molar-refractivity contribution >= 4 is 34.6 Å². The summed E-state index contributed by atoms with van der Waals surface area (Å²) in [6.45, 7) is 4.26. The molecule has 1 aliphatic rings. The van der Waals surface area contributed by atoms with Crippen LogP contribution in [0.3, 0.4) is 0 Å². The predicted octanol–water partition coefficient (Wildman–Crippen LogP) is 2.96. The van der Waals surface area contributed by atoms with Gasteiger partial charge in [-0.3, -0.25) is 14.4 Å². The average Bonchev–Trinajstić information content (AvgIpc) is 2.99. The van der Waals surface area contributed by atoms with Gasteiger partial charge in [-0.1, -0.05) is 56.3 Å². The van der Waals surface area contributed by atoms with E-state index in [1.165, 1.54) is 26.3 Å². The number of nitrogens with zero attached hydrogens (tertiary/aromatic N) is 1. The number of aromatic hydroxyl groups is 1. The molecule has 11 nitrogen and oxygen atoms in total. The SMILES string of the molecule is COc1ccnc(C(=O)N[C@H]2COC(=O)[C@H](Cc3cccc4ccccc34)[C@@H](OC(=O)C(C)C)[C@H](C)OC2=O)c1O. The van der Waals surface area contributed by atoms with E-state index < -0.39 is 72.0 Å². The van der Waals surface area contributed by atoms with Crippen molar-refractivity contribution in [2.75, 3.05) is 13.7 Å². The molecular formula is C30H32N2O9. The number of carbonyl (C=O) groups is 4. The smallest absolute Gasteiger partial charge is 0.332 e. The number of fused-ring (bicyclic) bond motifs is 1. The Balaban J connectivity index is 1.64. The van der Waals surface area contributed by atoms with Crippen molar-refractivity contribution in [2.24, 2.45) is 11.8 Å². The van der Waals surface area contributed by atoms with Crippen LogP contribution in [-0.2, 0) is 35.0 Å². The summed E-state index contributed by atoms with van der Waals surface area (Å²) in [7, 11) is 1.31. The molecule has 1 aliphatic heterocycles. The minimum atomic E-state index is -1.43. The number of rotatable bonds is 7. The lowest BCUT2D eigenvalue weighted by molar-refractivity contribution is -0.176. The second-order valence-corrected chi connectivity index (χ2v) is 10.0. The summed E-state index contributed by atoms with van der Waals surface area (Å²) in [5.41, 5.74) is 0.423. The van der Waals surface area contributed by atoms with E-state index in [2.05, 4.69) is 10.3 Å². The van der Waals surface area contributed by atoms with E-state index >= 15 is 0 Å². The third kappa shape index (κ3) is 6.56. The zero-order chi connectivity index (χ0) is 29.7. The Morgan fingerprint density at radius 2 is 1.83 bits per heavy atom. The van der Waals surface area contributed by atoms with Crippen LogP contribution in [-0.4, -0.2) is 65.9 Å². The molecule has 1 aromatic heterocycles. The van der Waals surface area contributed by atoms with Gasteiger partial charge in [0, 0.05) is 12.3 Å². The van der Waals surface area contributed by atoms with Crippen LogP contribution < -0.4 is 10.1 Å². The van der Waals surface area contributed by atoms with E-state index in [4.69, 9.17) is 18.9 Å². The quantitative estimate of drug-likeness (QED) is 0.324. The minimum absolute atomic E-state index is 0.00771. The van der Waals surface area contributed by atoms with Gasteiger partial charge in [0.15, 0.2) is 29.3 Å². The molecule has 0 saturated carbocycles. The van der Waals surface area contributed by atoms with E-state index in [-0.39, 0.29) is 12.2 Å². The Morgan fingerprint density at radius 1 is 1.10 bits per heavy atom. The molecule has 4 atom stereocenters. The molecule has 216 valence electrons. The van der Waals surface area contributed by atoms with Crippen LogP contribution in [0.2, 0.25) is 0 Å². The normalized spacial score (nSPS) is 21.2. The Labute approximate surface area is 236 Å². The number of benzene rings is 2. The third-order valence-corrected chi connectivity index (χ3v) is 6.81. The molecule has 0 aliphatic carbocycles. The fourth-order valence-electron chi connectivity index (χ4n) is 4.58. The van der Waals surface area contributed by atoms with Crippen molar-refractivity contribution in [2.45, 2.75) is 45.4 Å². The molecule has 2 N–H and O–H groups in total. The Kier molecular flexibility index (Phi) is 9.06. The van der Waals surface area contributed by atoms with Gasteiger partial charge in [0.1, 0.15) is 18.6 Å². The molecule has 0 bridgehead atoms. The Hall–Kier alpha value is -4.67. The highest BCUT2D eigenvalue weighted by Gasteiger charge is 2.42. The molecule has 2 heterocycles. The number of nitrogens with one attached hydrogen (secondary N) is 1. The first-order chi connectivity index (χ1) is 19.6. The molecule has 4 rings (SSSR count). The van der Waals surface area contributed by atoms with Crippen LogP contribution in [0.1, 0.15) is 36.8 Å². The number of esters is 3. The molecule has 1 fully saturated rings. The summed E-state index contributed by atoms with van der Waals surface area (Å²) < 4.78 is 21.9. The summed E-state index contributed by atoms with van der Waals surface area (Å²) in [6, 6.07) is 13.3. The lowest BCUT2D eigenvalue weighted by Gasteiger charge is -2.30. The maximum absolute atomic E-state index is 13.6. The second kappa shape index (κ2) is 12.7. The van der Waals surface area contributed by atoms with Gasteiger partial charge in [0.25, 0.3) is 5.91 Å². The highest BCUT2D eigenvalue weighted by molar-refractivity contribution is 5.98. The fourth-order valence-corrected chi connectivity index (χ4v) is 4.58. The molecule has 0 spiro atoms. The number of aromatic nitrogens is 1. The van der Waals surface area contributed by atoms with Gasteiger partial charge in [-0.2, -0.15) is 0 Å². The molecular weight excluding hydrogens is 532 g/mol. The maximum Gasteiger partial charge on any atom is 0.332 e. The van der Waals surface area contributed by atoms with Crippen LogP contribution >= 0.6 is 0 Å². The molecule has 41 heavy (non-hydrogen) atoms. The van der Waals surface area contributed by atoms with Crippen LogP contribution in [0, 0.1) is 11.8 Å². The third-order valence-electron chi connectivity index (χ3n) is 6.81. The van der Waals surface area contributed by atoms with Crippen molar-refractivity contribution < 1.29 is 43.2 Å². The van der Waals surface area contributed by atoms with Gasteiger partial charge < -0.3 is 29.4 Å². The molecule has 1 amide bonds. The average molecular weight is 565 g/mol. The number of cyclic esters (lactones) is 2. The summed E-state index contributed by atoms with van der Waals surface area (Å²) >= 11 is 0. The monoisotopic (exact) mass is 564 g/mol. The first kappa shape index (κ1) is 29.3. The predicted molar refractivity (Wildman–Crippen MR) is 146 cm³/mol. The number of carbonyl (C=O) groups excluding carboxylic acids is 4. The summed E-state index contributed by atoms with van der Waals surface area (Å²) in [6.07, 6.45) is -0.850. The van der Waals surface area contributed by atoms with E-state index in [0.717, 1.165) is 16.3 Å². The lowest BCUT2D eigenvalue weighted by atomic mass is 9.89. The zero-order valence-electron chi connectivity index (χ0n) is 23.2. The van der Waals surface area contributed by atoms with Crippen LogP contribution in [0.4, 0.5) is 0 Å². The van der Waals surface area contributed by atoms with Crippen LogP contribution in [0.15, 0.2) is 54.7 Å². The van der Waals surface area contributed by atoms with E-state index in [9.17, 15) is 24.3 Å². The van der Waals surface area contributed by atoms with E-state index in [1.54, 1.807) is 13.8 Å². The number of pyridine rings is 1. The highest BCUT2D eigenvalue weighted by atomic mass is 16.6. The first-order valence-corrected chi connectivity index (χ1v) is 13.2. The van der Waals surface area contributed by atoms with E-state index in [1.807, 2.05) is 42.5 Å². The standard InChI is InChI=1S/C30H32N2O9/c1-16(2)28(35)41-26-17(3)40-30(37)22(32-27(34)24-25(33)23(38-4)12-13-31-24)15-39-29(36)21(26)14-19-10-7-9-18-8-5-6-11-20(18)19/h5-13,16-17,21-22,26,33H,14-15H2,1-4H3,(H,32,34)/t17-,21+,22-,26-/m0/s1. The van der Waals surface area contributed by atoms with E-state index in [0.29, 0.717) is 0 Å². The summed E-state index contributed by atoms with van der Waals surface area (Å²) in [5.74, 6) is -5.18. The number of hydrogen-bond donors (Lipinski definition) is 2. The summed E-state index contributed by atoms with van der Waals surface area (Å²) in [4.78, 5) is 56.1. The number of hydrogen-bond acceptors (Lipinski definition) is 10. The van der Waals surface area contributed by atoms with Gasteiger partial charge in [-0.05, 0) is 29.7 Å². The van der Waals surface area contributed by atoms with Gasteiger partial charge in [0.05, 0.1) is 13.0 Å². The highest BCUT2D eigenvalue weighted by Crippen LogP contribution is 2.29. The van der Waals surface area contributed by atoms with Crippen molar-refractivity contribution in [3.8, 4) is 11.5 Å². The molecule has 1 saturated heterocycles. The summed E-state index contributed by atoms with van der Waals surface area (Å²) in [5, 5.41) is 14.6. The van der Waals surface area contributed by atoms with Crippen molar-refractivity contribution in [3.05, 3.63) is 66.0 Å². The van der Waals surface area contributed by atoms with Gasteiger partial charge in [-0.25, -0.2) is 9.78 Å². The molecule has 0 unspecified atom stereocenters. The number of amides is 1. The van der Waals surface area contributed by atoms with Crippen molar-refractivity contribution in [3.63, 3.8) is 0 Å². The number of methoxy groups -OCH3 is 1. The van der Waals surface area contributed by atoms with Gasteiger partial charge in [0.2, 0.25) is 0 Å². The van der Waals surface area contributed by atoms with Crippen molar-refractivity contribution in [1.29, 1.82) is 0 Å². The fraction of sp³-hybridized carbons (Fsp3) is 0.367. The lowest BCUT2D eigenvalue weighted by Crippen LogP contribution is -2.47. The second-order valence-electron chi connectivity index (χ2n) is 10.0. The van der Waals surface area contributed by atoms with Gasteiger partial charge in [-0.15, -0.1) is 0 Å². The Morgan fingerprint density at radius 3 is 2.56 bits per heavy atom. The molecule has 3 aromatic rings. The zero-order valence-corrected chi connectivity index (χ0v) is 23.2. The minimum Gasteiger partial charge on any atom is -0.503 e. The maximum atomic E-state index is 13.6. The largest absolute Gasteiger partial charge is 0.503 e. The molecule has 11 heteroatoms. The molecule has 0 radical (unpaired) electrons. The number of ether oxygens (including phenoxy) is 4. The molecule has 2 aromatic carbocycles. The Bertz CT molecular complexity index is 1450. The first-order valence-electron chi connectivity index (χ1n) is 13.2. The topological polar surface area (TPSA) is 150 Å². The van der Waals surface area contributed by atoms with Gasteiger partial charge >= 0.3 is 17.9 Å². The van der Waals surface area contributed by atoms with Crippen LogP contribution in [0.5, 0.6) is 11.5 Å². The van der Waals surface area contributed by atoms with Crippen LogP contribution in [0.25, 0.3) is 10.8 Å².